The molecule has 3 nitrogen and oxygen atoms in total. The molecule has 0 saturated carbocycles. The third-order valence-corrected chi connectivity index (χ3v) is 3.75. The fraction of sp³-hybridized carbons (Fsp3) is 0.167. The van der Waals surface area contributed by atoms with Gasteiger partial charge in [0, 0.05) is 11.8 Å². The molecular formula is C12H10ClIN2O. The van der Waals surface area contributed by atoms with Crippen molar-refractivity contribution in [2.75, 3.05) is 7.11 Å². The van der Waals surface area contributed by atoms with Crippen LogP contribution in [-0.2, 0) is 0 Å². The molecule has 0 saturated heterocycles. The summed E-state index contributed by atoms with van der Waals surface area (Å²) in [4.78, 5) is 8.51. The molecule has 1 aromatic heterocycles. The van der Waals surface area contributed by atoms with Crippen LogP contribution >= 0.6 is 34.2 Å². The van der Waals surface area contributed by atoms with Gasteiger partial charge in [-0.25, -0.2) is 9.97 Å². The molecule has 88 valence electrons. The minimum absolute atomic E-state index is 0.476. The van der Waals surface area contributed by atoms with Crippen molar-refractivity contribution in [2.45, 2.75) is 6.92 Å². The Balaban J connectivity index is 2.46. The molecule has 0 aliphatic heterocycles. The average molecular weight is 361 g/mol. The molecule has 1 aromatic carbocycles. The first kappa shape index (κ1) is 12.6. The Hall–Kier alpha value is -0.880. The van der Waals surface area contributed by atoms with E-state index in [0.717, 1.165) is 20.4 Å². The number of ether oxygens (including phenoxy) is 1. The molecule has 0 bridgehead atoms. The molecule has 2 rings (SSSR count). The van der Waals surface area contributed by atoms with Crippen molar-refractivity contribution in [3.05, 3.63) is 38.7 Å². The number of aromatic nitrogens is 2. The second-order valence-electron chi connectivity index (χ2n) is 3.52. The highest BCUT2D eigenvalue weighted by atomic mass is 127. The van der Waals surface area contributed by atoms with Crippen LogP contribution < -0.4 is 4.74 Å². The highest BCUT2D eigenvalue weighted by Gasteiger charge is 2.07. The van der Waals surface area contributed by atoms with Gasteiger partial charge in [-0.1, -0.05) is 11.6 Å². The normalized spacial score (nSPS) is 10.4. The van der Waals surface area contributed by atoms with Crippen molar-refractivity contribution < 1.29 is 4.74 Å². The lowest BCUT2D eigenvalue weighted by atomic mass is 10.1. The van der Waals surface area contributed by atoms with Crippen LogP contribution in [0.15, 0.2) is 24.4 Å². The van der Waals surface area contributed by atoms with E-state index < -0.39 is 0 Å². The molecule has 0 amide bonds. The van der Waals surface area contributed by atoms with Crippen molar-refractivity contribution in [1.82, 2.24) is 9.97 Å². The van der Waals surface area contributed by atoms with E-state index in [1.165, 1.54) is 0 Å². The third-order valence-electron chi connectivity index (χ3n) is 2.35. The summed E-state index contributed by atoms with van der Waals surface area (Å²) in [6.07, 6.45) is 1.71. The molecule has 0 fully saturated rings. The maximum absolute atomic E-state index is 5.98. The number of hydrogen-bond donors (Lipinski definition) is 0. The lowest BCUT2D eigenvalue weighted by Crippen LogP contribution is -1.93. The Labute approximate surface area is 118 Å². The topological polar surface area (TPSA) is 35.0 Å². The summed E-state index contributed by atoms with van der Waals surface area (Å²) in [5.41, 5.74) is 1.98. The number of benzene rings is 1. The highest BCUT2D eigenvalue weighted by Crippen LogP contribution is 2.25. The number of nitrogens with zero attached hydrogens (tertiary/aromatic N) is 2. The molecule has 0 unspecified atom stereocenters. The Morgan fingerprint density at radius 2 is 2.12 bits per heavy atom. The summed E-state index contributed by atoms with van der Waals surface area (Å²) in [5, 5.41) is 0.476. The quantitative estimate of drug-likeness (QED) is 0.605. The van der Waals surface area contributed by atoms with Crippen LogP contribution in [0.3, 0.4) is 0 Å². The van der Waals surface area contributed by atoms with Gasteiger partial charge in [0.1, 0.15) is 10.9 Å². The second-order valence-corrected chi connectivity index (χ2v) is 5.04. The molecule has 0 atom stereocenters. The maximum atomic E-state index is 5.98. The Morgan fingerprint density at radius 3 is 2.71 bits per heavy atom. The largest absolute Gasteiger partial charge is 0.496 e. The lowest BCUT2D eigenvalue weighted by Gasteiger charge is -2.07. The van der Waals surface area contributed by atoms with Gasteiger partial charge >= 0.3 is 0 Å². The summed E-state index contributed by atoms with van der Waals surface area (Å²) in [6, 6.07) is 5.81. The molecule has 1 heterocycles. The number of halogens is 2. The minimum Gasteiger partial charge on any atom is -0.496 e. The van der Waals surface area contributed by atoms with Gasteiger partial charge in [-0.05, 0) is 53.3 Å². The first-order chi connectivity index (χ1) is 8.11. The molecule has 0 radical (unpaired) electrons. The van der Waals surface area contributed by atoms with Gasteiger partial charge in [0.15, 0.2) is 5.82 Å². The van der Waals surface area contributed by atoms with E-state index in [1.807, 2.05) is 25.1 Å². The Bertz CT molecular complexity index is 560. The monoisotopic (exact) mass is 360 g/mol. The van der Waals surface area contributed by atoms with Gasteiger partial charge in [0.25, 0.3) is 0 Å². The van der Waals surface area contributed by atoms with Crippen molar-refractivity contribution >= 4 is 34.2 Å². The zero-order valence-electron chi connectivity index (χ0n) is 9.37. The van der Waals surface area contributed by atoms with Gasteiger partial charge in [-0.15, -0.1) is 0 Å². The Kier molecular flexibility index (Phi) is 3.83. The third kappa shape index (κ3) is 2.69. The van der Waals surface area contributed by atoms with Crippen LogP contribution in [0.25, 0.3) is 11.4 Å². The number of hydrogen-bond acceptors (Lipinski definition) is 3. The molecule has 17 heavy (non-hydrogen) atoms. The SMILES string of the molecule is COc1ccc(-c2ncc(I)c(Cl)n2)cc1C. The number of aryl methyl sites for hydroxylation is 1. The van der Waals surface area contributed by atoms with E-state index in [2.05, 4.69) is 32.6 Å². The number of methoxy groups -OCH3 is 1. The van der Waals surface area contributed by atoms with E-state index in [0.29, 0.717) is 11.0 Å². The highest BCUT2D eigenvalue weighted by molar-refractivity contribution is 14.1. The van der Waals surface area contributed by atoms with Crippen LogP contribution in [0.4, 0.5) is 0 Å². The zero-order chi connectivity index (χ0) is 12.4. The summed E-state index contributed by atoms with van der Waals surface area (Å²) < 4.78 is 6.06. The maximum Gasteiger partial charge on any atom is 0.160 e. The van der Waals surface area contributed by atoms with Crippen LogP contribution in [0.5, 0.6) is 5.75 Å². The first-order valence-electron chi connectivity index (χ1n) is 4.95. The van der Waals surface area contributed by atoms with E-state index >= 15 is 0 Å². The average Bonchev–Trinajstić information content (AvgIpc) is 2.32. The van der Waals surface area contributed by atoms with Crippen LogP contribution in [0.2, 0.25) is 5.15 Å². The zero-order valence-corrected chi connectivity index (χ0v) is 12.3. The van der Waals surface area contributed by atoms with Crippen LogP contribution in [0.1, 0.15) is 5.56 Å². The van der Waals surface area contributed by atoms with Gasteiger partial charge in [-0.2, -0.15) is 0 Å². The standard InChI is InChI=1S/C12H10ClIN2O/c1-7-5-8(3-4-10(7)17-2)12-15-6-9(14)11(13)16-12/h3-6H,1-2H3. The fourth-order valence-corrected chi connectivity index (χ4v) is 1.89. The van der Waals surface area contributed by atoms with E-state index in [4.69, 9.17) is 16.3 Å². The molecular weight excluding hydrogens is 351 g/mol. The predicted octanol–water partition coefficient (Wildman–Crippen LogP) is 3.72. The van der Waals surface area contributed by atoms with E-state index in [9.17, 15) is 0 Å². The Morgan fingerprint density at radius 1 is 1.35 bits per heavy atom. The predicted molar refractivity (Wildman–Crippen MR) is 76.5 cm³/mol. The van der Waals surface area contributed by atoms with Gasteiger partial charge < -0.3 is 4.74 Å². The lowest BCUT2D eigenvalue weighted by molar-refractivity contribution is 0.412. The van der Waals surface area contributed by atoms with Gasteiger partial charge in [0.05, 0.1) is 10.7 Å². The second kappa shape index (κ2) is 5.18. The van der Waals surface area contributed by atoms with Crippen molar-refractivity contribution in [3.63, 3.8) is 0 Å². The smallest absolute Gasteiger partial charge is 0.160 e. The molecule has 0 N–H and O–H groups in total. The van der Waals surface area contributed by atoms with E-state index in [1.54, 1.807) is 13.3 Å². The van der Waals surface area contributed by atoms with Crippen molar-refractivity contribution in [2.24, 2.45) is 0 Å². The molecule has 2 aromatic rings. The van der Waals surface area contributed by atoms with Crippen molar-refractivity contribution in [3.8, 4) is 17.1 Å². The molecule has 0 aliphatic carbocycles. The summed E-state index contributed by atoms with van der Waals surface area (Å²) in [5.74, 6) is 1.48. The van der Waals surface area contributed by atoms with E-state index in [-0.39, 0.29) is 0 Å². The fourth-order valence-electron chi connectivity index (χ4n) is 1.50. The first-order valence-corrected chi connectivity index (χ1v) is 6.40. The van der Waals surface area contributed by atoms with Gasteiger partial charge in [0.2, 0.25) is 0 Å². The summed E-state index contributed by atoms with van der Waals surface area (Å²) >= 11 is 8.08. The minimum atomic E-state index is 0.476. The summed E-state index contributed by atoms with van der Waals surface area (Å²) in [6.45, 7) is 1.98. The van der Waals surface area contributed by atoms with Gasteiger partial charge in [-0.3, -0.25) is 0 Å². The molecule has 5 heteroatoms. The van der Waals surface area contributed by atoms with Crippen molar-refractivity contribution in [1.29, 1.82) is 0 Å². The molecule has 0 spiro atoms. The van der Waals surface area contributed by atoms with Crippen LogP contribution in [0, 0.1) is 10.5 Å². The van der Waals surface area contributed by atoms with Crippen LogP contribution in [-0.4, -0.2) is 17.1 Å². The summed E-state index contributed by atoms with van der Waals surface area (Å²) in [7, 11) is 1.65. The number of rotatable bonds is 2. The molecule has 0 aliphatic rings.